The molecular formula is C18H25ClN2O2. The number of rotatable bonds is 6. The van der Waals surface area contributed by atoms with E-state index in [0.717, 1.165) is 63.6 Å². The van der Waals surface area contributed by atoms with Gasteiger partial charge in [-0.15, -0.1) is 0 Å². The third kappa shape index (κ3) is 4.46. The zero-order valence-corrected chi connectivity index (χ0v) is 14.3. The lowest BCUT2D eigenvalue weighted by atomic mass is 10.1. The minimum absolute atomic E-state index is 0.135. The van der Waals surface area contributed by atoms with Crippen molar-refractivity contribution in [1.82, 2.24) is 10.2 Å². The second-order valence-corrected chi connectivity index (χ2v) is 6.78. The van der Waals surface area contributed by atoms with E-state index in [9.17, 15) is 4.79 Å². The number of unbranched alkanes of at least 4 members (excludes halogenated alkanes) is 1. The van der Waals surface area contributed by atoms with Gasteiger partial charge in [0.2, 0.25) is 5.91 Å². The normalized spacial score (nSPS) is 21.2. The number of fused-ring (bicyclic) bond motifs is 1. The van der Waals surface area contributed by atoms with E-state index in [1.165, 1.54) is 11.1 Å². The Bertz CT molecular complexity index is 544. The van der Waals surface area contributed by atoms with Gasteiger partial charge in [-0.05, 0) is 49.4 Å². The Balaban J connectivity index is 1.38. The number of benzene rings is 1. The molecule has 1 heterocycles. The molecule has 4 nitrogen and oxygen atoms in total. The number of halogens is 1. The van der Waals surface area contributed by atoms with Gasteiger partial charge in [0, 0.05) is 24.5 Å². The molecule has 0 spiro atoms. The Morgan fingerprint density at radius 3 is 2.96 bits per heavy atom. The number of amides is 1. The predicted octanol–water partition coefficient (Wildman–Crippen LogP) is 2.95. The first-order chi connectivity index (χ1) is 11.2. The predicted molar refractivity (Wildman–Crippen MR) is 91.8 cm³/mol. The van der Waals surface area contributed by atoms with E-state index in [1.807, 2.05) is 12.1 Å². The molecule has 1 amide bonds. The fourth-order valence-electron chi connectivity index (χ4n) is 3.47. The second kappa shape index (κ2) is 8.13. The summed E-state index contributed by atoms with van der Waals surface area (Å²) in [6, 6.07) is 6.11. The zero-order chi connectivity index (χ0) is 16.1. The van der Waals surface area contributed by atoms with Gasteiger partial charge in [0.1, 0.15) is 0 Å². The standard InChI is InChI=1S/C18H25ClN2O2/c19-16-5-3-4-15-14(16)7-8-17(15)20-18(22)6-1-2-9-21-10-12-23-13-11-21/h3-5,17H,1-2,6-13H2,(H,20,22). The molecule has 0 saturated carbocycles. The molecular weight excluding hydrogens is 312 g/mol. The lowest BCUT2D eigenvalue weighted by Gasteiger charge is -2.26. The average molecular weight is 337 g/mol. The summed E-state index contributed by atoms with van der Waals surface area (Å²) in [5.74, 6) is 0.157. The van der Waals surface area contributed by atoms with Crippen LogP contribution in [0, 0.1) is 0 Å². The summed E-state index contributed by atoms with van der Waals surface area (Å²) in [6.07, 6.45) is 4.53. The first-order valence-electron chi connectivity index (χ1n) is 8.61. The van der Waals surface area contributed by atoms with Crippen molar-refractivity contribution in [3.05, 3.63) is 34.3 Å². The van der Waals surface area contributed by atoms with Crippen molar-refractivity contribution in [2.24, 2.45) is 0 Å². The van der Waals surface area contributed by atoms with Gasteiger partial charge in [-0.25, -0.2) is 0 Å². The Kier molecular flexibility index (Phi) is 5.92. The summed E-state index contributed by atoms with van der Waals surface area (Å²) in [5.41, 5.74) is 2.39. The summed E-state index contributed by atoms with van der Waals surface area (Å²) in [5, 5.41) is 3.99. The second-order valence-electron chi connectivity index (χ2n) is 6.38. The summed E-state index contributed by atoms with van der Waals surface area (Å²) in [7, 11) is 0. The molecule has 1 N–H and O–H groups in total. The molecule has 3 rings (SSSR count). The smallest absolute Gasteiger partial charge is 0.220 e. The minimum Gasteiger partial charge on any atom is -0.379 e. The molecule has 1 aromatic carbocycles. The van der Waals surface area contributed by atoms with Crippen LogP contribution in [0.4, 0.5) is 0 Å². The Morgan fingerprint density at radius 2 is 2.13 bits per heavy atom. The van der Waals surface area contributed by atoms with Crippen LogP contribution in [0.5, 0.6) is 0 Å². The van der Waals surface area contributed by atoms with Crippen LogP contribution in [0.3, 0.4) is 0 Å². The van der Waals surface area contributed by atoms with Crippen molar-refractivity contribution in [3.8, 4) is 0 Å². The third-order valence-corrected chi connectivity index (χ3v) is 5.13. The highest BCUT2D eigenvalue weighted by Gasteiger charge is 2.25. The first-order valence-corrected chi connectivity index (χ1v) is 8.98. The lowest BCUT2D eigenvalue weighted by molar-refractivity contribution is -0.122. The lowest BCUT2D eigenvalue weighted by Crippen LogP contribution is -2.36. The number of carbonyl (C=O) groups excluding carboxylic acids is 1. The maximum Gasteiger partial charge on any atom is 0.220 e. The van der Waals surface area contributed by atoms with Crippen LogP contribution in [-0.2, 0) is 16.0 Å². The fraction of sp³-hybridized carbons (Fsp3) is 0.611. The number of nitrogens with zero attached hydrogens (tertiary/aromatic N) is 1. The number of hydrogen-bond acceptors (Lipinski definition) is 3. The maximum absolute atomic E-state index is 12.2. The molecule has 0 aromatic heterocycles. The van der Waals surface area contributed by atoms with E-state index in [-0.39, 0.29) is 11.9 Å². The molecule has 1 saturated heterocycles. The highest BCUT2D eigenvalue weighted by Crippen LogP contribution is 2.35. The van der Waals surface area contributed by atoms with Crippen molar-refractivity contribution >= 4 is 17.5 Å². The van der Waals surface area contributed by atoms with Gasteiger partial charge in [0.05, 0.1) is 19.3 Å². The number of nitrogens with one attached hydrogen (secondary N) is 1. The van der Waals surface area contributed by atoms with E-state index >= 15 is 0 Å². The van der Waals surface area contributed by atoms with Crippen LogP contribution in [0.2, 0.25) is 5.02 Å². The fourth-order valence-corrected chi connectivity index (χ4v) is 3.75. The van der Waals surface area contributed by atoms with Gasteiger partial charge >= 0.3 is 0 Å². The van der Waals surface area contributed by atoms with Crippen LogP contribution >= 0.6 is 11.6 Å². The summed E-state index contributed by atoms with van der Waals surface area (Å²) < 4.78 is 5.34. The van der Waals surface area contributed by atoms with E-state index in [1.54, 1.807) is 0 Å². The Labute approximate surface area is 143 Å². The van der Waals surface area contributed by atoms with Crippen LogP contribution < -0.4 is 5.32 Å². The van der Waals surface area contributed by atoms with Crippen molar-refractivity contribution in [2.75, 3.05) is 32.8 Å². The van der Waals surface area contributed by atoms with Crippen molar-refractivity contribution in [1.29, 1.82) is 0 Å². The molecule has 23 heavy (non-hydrogen) atoms. The summed E-state index contributed by atoms with van der Waals surface area (Å²) in [4.78, 5) is 14.6. The zero-order valence-electron chi connectivity index (χ0n) is 13.5. The van der Waals surface area contributed by atoms with Crippen molar-refractivity contribution in [2.45, 2.75) is 38.1 Å². The van der Waals surface area contributed by atoms with E-state index in [2.05, 4.69) is 16.3 Å². The average Bonchev–Trinajstić information content (AvgIpc) is 2.97. The van der Waals surface area contributed by atoms with Crippen LogP contribution in [0.1, 0.15) is 42.9 Å². The molecule has 1 unspecified atom stereocenters. The molecule has 126 valence electrons. The van der Waals surface area contributed by atoms with Gasteiger partial charge < -0.3 is 10.1 Å². The number of morpholine rings is 1. The summed E-state index contributed by atoms with van der Waals surface area (Å²) in [6.45, 7) is 4.78. The molecule has 1 aromatic rings. The SMILES string of the molecule is O=C(CCCCN1CCOCC1)NC1CCc2c(Cl)cccc21. The van der Waals surface area contributed by atoms with Gasteiger partial charge in [-0.3, -0.25) is 9.69 Å². The molecule has 1 aliphatic heterocycles. The van der Waals surface area contributed by atoms with E-state index < -0.39 is 0 Å². The molecule has 2 aliphatic rings. The Hall–Kier alpha value is -1.10. The highest BCUT2D eigenvalue weighted by molar-refractivity contribution is 6.31. The highest BCUT2D eigenvalue weighted by atomic mass is 35.5. The van der Waals surface area contributed by atoms with Crippen molar-refractivity contribution in [3.63, 3.8) is 0 Å². The summed E-state index contributed by atoms with van der Waals surface area (Å²) >= 11 is 6.22. The van der Waals surface area contributed by atoms with Gasteiger partial charge in [-0.1, -0.05) is 23.7 Å². The molecule has 5 heteroatoms. The van der Waals surface area contributed by atoms with Crippen LogP contribution in [-0.4, -0.2) is 43.7 Å². The molecule has 1 aliphatic carbocycles. The largest absolute Gasteiger partial charge is 0.379 e. The molecule has 1 fully saturated rings. The molecule has 0 radical (unpaired) electrons. The third-order valence-electron chi connectivity index (χ3n) is 4.78. The van der Waals surface area contributed by atoms with Gasteiger partial charge in [0.25, 0.3) is 0 Å². The quantitative estimate of drug-likeness (QED) is 0.812. The molecule has 1 atom stereocenters. The van der Waals surface area contributed by atoms with Crippen LogP contribution in [0.25, 0.3) is 0 Å². The van der Waals surface area contributed by atoms with E-state index in [4.69, 9.17) is 16.3 Å². The first kappa shape index (κ1) is 16.7. The monoisotopic (exact) mass is 336 g/mol. The van der Waals surface area contributed by atoms with Gasteiger partial charge in [-0.2, -0.15) is 0 Å². The topological polar surface area (TPSA) is 41.6 Å². The van der Waals surface area contributed by atoms with Crippen LogP contribution in [0.15, 0.2) is 18.2 Å². The van der Waals surface area contributed by atoms with Gasteiger partial charge in [0.15, 0.2) is 0 Å². The Morgan fingerprint density at radius 1 is 1.30 bits per heavy atom. The number of hydrogen-bond donors (Lipinski definition) is 1. The molecule has 0 bridgehead atoms. The van der Waals surface area contributed by atoms with Crippen molar-refractivity contribution < 1.29 is 9.53 Å². The number of carbonyl (C=O) groups is 1. The number of ether oxygens (including phenoxy) is 1. The maximum atomic E-state index is 12.2. The minimum atomic E-state index is 0.135. The van der Waals surface area contributed by atoms with E-state index in [0.29, 0.717) is 6.42 Å².